The van der Waals surface area contributed by atoms with E-state index in [1.807, 2.05) is 4.90 Å². The van der Waals surface area contributed by atoms with E-state index >= 15 is 0 Å². The lowest BCUT2D eigenvalue weighted by Crippen LogP contribution is -2.36. The second kappa shape index (κ2) is 9.80. The number of halogens is 1. The van der Waals surface area contributed by atoms with E-state index in [4.69, 9.17) is 15.5 Å². The summed E-state index contributed by atoms with van der Waals surface area (Å²) in [6.07, 6.45) is 5.04. The number of hydrazone groups is 2. The van der Waals surface area contributed by atoms with Gasteiger partial charge in [0.2, 0.25) is 11.6 Å². The fraction of sp³-hybridized carbons (Fsp3) is 0.409. The van der Waals surface area contributed by atoms with E-state index in [1.54, 1.807) is 12.1 Å². The van der Waals surface area contributed by atoms with Crippen molar-refractivity contribution in [2.24, 2.45) is 27.9 Å². The predicted molar refractivity (Wildman–Crippen MR) is 119 cm³/mol. The average molecular weight is 456 g/mol. The molecular formula is C22H25FN6O4. The molecule has 1 saturated carbocycles. The Bertz CT molecular complexity index is 1090. The van der Waals surface area contributed by atoms with Crippen LogP contribution < -0.4 is 16.2 Å². The van der Waals surface area contributed by atoms with Crippen molar-refractivity contribution in [1.82, 2.24) is 10.6 Å². The predicted octanol–water partition coefficient (Wildman–Crippen LogP) is 2.15. The number of benzene rings is 1. The molecule has 2 aromatic rings. The van der Waals surface area contributed by atoms with Crippen molar-refractivity contribution in [2.45, 2.75) is 32.1 Å². The summed E-state index contributed by atoms with van der Waals surface area (Å²) in [5, 5.41) is 19.6. The molecule has 0 unspecified atom stereocenters. The standard InChI is InChI=1S/C22H25FN6O4/c23-16-4-3-15(9-13-1-2-13)17(10-16)21(32)14-5-7-29(8-6-14)19-11-18(33-28-19)22(26-24)27-25-12-20(30)31/h3-4,10-14H,1-2,5-9,24H2,(H,26,27)(H,30,31)/b25-12+. The quantitative estimate of drug-likeness (QED) is 0.180. The Hall–Kier alpha value is -3.76. The summed E-state index contributed by atoms with van der Waals surface area (Å²) in [6, 6.07) is 6.17. The van der Waals surface area contributed by atoms with Crippen LogP contribution in [0.5, 0.6) is 0 Å². The number of carbonyl (C=O) groups excluding carboxylic acids is 1. The van der Waals surface area contributed by atoms with E-state index in [0.29, 0.717) is 49.4 Å². The molecule has 1 saturated heterocycles. The third-order valence-electron chi connectivity index (χ3n) is 5.94. The number of carboxylic acid groups (broad SMARTS) is 1. The molecule has 0 spiro atoms. The maximum absolute atomic E-state index is 13.9. The molecule has 0 radical (unpaired) electrons. The van der Waals surface area contributed by atoms with E-state index in [9.17, 15) is 14.0 Å². The van der Waals surface area contributed by atoms with Crippen LogP contribution in [-0.2, 0) is 11.2 Å². The number of piperidine rings is 1. The van der Waals surface area contributed by atoms with Gasteiger partial charge in [-0.1, -0.05) is 11.2 Å². The monoisotopic (exact) mass is 456 g/mol. The lowest BCUT2D eigenvalue weighted by Gasteiger charge is -2.31. The largest absolute Gasteiger partial charge is 0.477 e. The van der Waals surface area contributed by atoms with E-state index in [0.717, 1.165) is 12.0 Å². The second-order valence-corrected chi connectivity index (χ2v) is 8.31. The van der Waals surface area contributed by atoms with Gasteiger partial charge < -0.3 is 20.4 Å². The fourth-order valence-corrected chi connectivity index (χ4v) is 4.00. The van der Waals surface area contributed by atoms with Gasteiger partial charge >= 0.3 is 5.97 Å². The molecule has 0 atom stereocenters. The lowest BCUT2D eigenvalue weighted by atomic mass is 9.86. The number of rotatable bonds is 8. The van der Waals surface area contributed by atoms with Crippen molar-refractivity contribution >= 4 is 29.6 Å². The normalized spacial score (nSPS) is 17.5. The number of carbonyl (C=O) groups is 2. The minimum absolute atomic E-state index is 0.00341. The van der Waals surface area contributed by atoms with Gasteiger partial charge in [-0.3, -0.25) is 10.2 Å². The van der Waals surface area contributed by atoms with E-state index < -0.39 is 5.97 Å². The number of anilines is 1. The average Bonchev–Trinajstić information content (AvgIpc) is 3.50. The SMILES string of the molecule is N/N=C(/N/N=C/C(=O)O)c1cc(N2CCC(C(=O)c3cc(F)ccc3CC3CC3)CC2)no1. The molecule has 1 aromatic carbocycles. The Labute approximate surface area is 189 Å². The van der Waals surface area contributed by atoms with Gasteiger partial charge in [0.15, 0.2) is 11.6 Å². The summed E-state index contributed by atoms with van der Waals surface area (Å²) in [6.45, 7) is 1.16. The number of aliphatic carboxylic acids is 1. The molecule has 1 aliphatic heterocycles. The molecule has 2 heterocycles. The highest BCUT2D eigenvalue weighted by Gasteiger charge is 2.30. The maximum atomic E-state index is 13.9. The first-order valence-corrected chi connectivity index (χ1v) is 10.8. The minimum Gasteiger partial charge on any atom is -0.477 e. The summed E-state index contributed by atoms with van der Waals surface area (Å²) >= 11 is 0. The summed E-state index contributed by atoms with van der Waals surface area (Å²) < 4.78 is 19.1. The van der Waals surface area contributed by atoms with Gasteiger partial charge in [0, 0.05) is 30.6 Å². The van der Waals surface area contributed by atoms with Crippen molar-refractivity contribution in [1.29, 1.82) is 0 Å². The number of Topliss-reactive ketones (excluding diaryl/α,β-unsaturated/α-hetero) is 1. The lowest BCUT2D eigenvalue weighted by molar-refractivity contribution is -0.128. The van der Waals surface area contributed by atoms with Crippen LogP contribution in [0.25, 0.3) is 0 Å². The molecule has 10 nitrogen and oxygen atoms in total. The van der Waals surface area contributed by atoms with Crippen LogP contribution in [-0.4, -0.2) is 47.2 Å². The van der Waals surface area contributed by atoms with Gasteiger partial charge in [0.05, 0.1) is 0 Å². The van der Waals surface area contributed by atoms with Crippen LogP contribution in [0.15, 0.2) is 39.0 Å². The van der Waals surface area contributed by atoms with Gasteiger partial charge in [-0.05, 0) is 55.7 Å². The highest BCUT2D eigenvalue weighted by molar-refractivity contribution is 6.22. The highest BCUT2D eigenvalue weighted by Crippen LogP contribution is 2.35. The number of nitrogens with two attached hydrogens (primary N) is 1. The van der Waals surface area contributed by atoms with Crippen LogP contribution in [0.4, 0.5) is 10.2 Å². The summed E-state index contributed by atoms with van der Waals surface area (Å²) in [7, 11) is 0. The Balaban J connectivity index is 1.38. The first-order valence-electron chi connectivity index (χ1n) is 10.8. The zero-order valence-electron chi connectivity index (χ0n) is 17.9. The van der Waals surface area contributed by atoms with Crippen LogP contribution in [0.3, 0.4) is 0 Å². The summed E-state index contributed by atoms with van der Waals surface area (Å²) in [5.74, 6) is 4.88. The highest BCUT2D eigenvalue weighted by atomic mass is 19.1. The first-order chi connectivity index (χ1) is 15.9. The molecule has 4 N–H and O–H groups in total. The second-order valence-electron chi connectivity index (χ2n) is 8.31. The smallest absolute Gasteiger partial charge is 0.348 e. The number of nitrogens with zero attached hydrogens (tertiary/aromatic N) is 4. The van der Waals surface area contributed by atoms with Crippen LogP contribution in [0.1, 0.15) is 47.4 Å². The van der Waals surface area contributed by atoms with Crippen molar-refractivity contribution in [2.75, 3.05) is 18.0 Å². The van der Waals surface area contributed by atoms with Crippen molar-refractivity contribution in [3.05, 3.63) is 47.0 Å². The number of ketones is 1. The third-order valence-corrected chi connectivity index (χ3v) is 5.94. The van der Waals surface area contributed by atoms with Crippen molar-refractivity contribution in [3.8, 4) is 0 Å². The maximum Gasteiger partial charge on any atom is 0.348 e. The Kier molecular flexibility index (Phi) is 6.66. The molecule has 2 aliphatic rings. The van der Waals surface area contributed by atoms with Gasteiger partial charge in [-0.2, -0.15) is 10.2 Å². The molecule has 0 bridgehead atoms. The zero-order valence-corrected chi connectivity index (χ0v) is 17.9. The minimum atomic E-state index is -1.23. The Morgan fingerprint density at radius 3 is 2.70 bits per heavy atom. The molecule has 1 aromatic heterocycles. The number of amidine groups is 1. The van der Waals surface area contributed by atoms with Crippen LogP contribution in [0, 0.1) is 17.7 Å². The molecule has 1 aliphatic carbocycles. The van der Waals surface area contributed by atoms with Gasteiger partial charge in [-0.25, -0.2) is 9.18 Å². The summed E-state index contributed by atoms with van der Waals surface area (Å²) in [5.41, 5.74) is 3.85. The number of hydrogen-bond donors (Lipinski definition) is 3. The van der Waals surface area contributed by atoms with E-state index in [2.05, 4.69) is 20.8 Å². The molecule has 4 rings (SSSR count). The van der Waals surface area contributed by atoms with Gasteiger partial charge in [0.1, 0.15) is 12.0 Å². The Morgan fingerprint density at radius 1 is 1.27 bits per heavy atom. The topological polar surface area (TPSA) is 146 Å². The molecular weight excluding hydrogens is 431 g/mol. The van der Waals surface area contributed by atoms with Gasteiger partial charge in [0.25, 0.3) is 0 Å². The number of nitrogens with one attached hydrogen (secondary N) is 1. The first kappa shape index (κ1) is 22.4. The van der Waals surface area contributed by atoms with E-state index in [1.165, 1.54) is 25.0 Å². The zero-order chi connectivity index (χ0) is 23.4. The van der Waals surface area contributed by atoms with E-state index in [-0.39, 0.29) is 29.1 Å². The third kappa shape index (κ3) is 5.54. The summed E-state index contributed by atoms with van der Waals surface area (Å²) in [4.78, 5) is 25.7. The van der Waals surface area contributed by atoms with Crippen molar-refractivity contribution < 1.29 is 23.6 Å². The molecule has 0 amide bonds. The van der Waals surface area contributed by atoms with Crippen LogP contribution in [0.2, 0.25) is 0 Å². The van der Waals surface area contributed by atoms with Gasteiger partial charge in [-0.15, -0.1) is 0 Å². The molecule has 174 valence electrons. The van der Waals surface area contributed by atoms with Crippen molar-refractivity contribution in [3.63, 3.8) is 0 Å². The number of carboxylic acids is 1. The Morgan fingerprint density at radius 2 is 2.03 bits per heavy atom. The molecule has 2 fully saturated rings. The fourth-order valence-electron chi connectivity index (χ4n) is 4.00. The molecule has 11 heteroatoms. The van der Waals surface area contributed by atoms with Crippen LogP contribution >= 0.6 is 0 Å². The molecule has 33 heavy (non-hydrogen) atoms. The number of hydrogen-bond acceptors (Lipinski definition) is 8. The number of aromatic nitrogens is 1.